The fraction of sp³-hybridized carbons (Fsp3) is 0.167. The standard InChI is InChI=1S/C24H20N4O6/c29-19-18-14-25-21(15-4-2-1-3-5-15)26-22(18)28(23(30)20(19)34-24(31)32)17-8-6-16(7-9-17)27-10-12-33-13-11-27/h1-9,14,29H,10-13H2,(H,31,32). The highest BCUT2D eigenvalue weighted by atomic mass is 16.7. The second-order valence-electron chi connectivity index (χ2n) is 7.60. The van der Waals surface area contributed by atoms with Gasteiger partial charge in [0, 0.05) is 30.5 Å². The normalized spacial score (nSPS) is 13.7. The lowest BCUT2D eigenvalue weighted by Crippen LogP contribution is -2.36. The Morgan fingerprint density at radius 1 is 1.00 bits per heavy atom. The molecule has 0 atom stereocenters. The predicted octanol–water partition coefficient (Wildman–Crippen LogP) is 3.05. The van der Waals surface area contributed by atoms with Gasteiger partial charge in [0.1, 0.15) is 0 Å². The zero-order valence-corrected chi connectivity index (χ0v) is 17.9. The van der Waals surface area contributed by atoms with Crippen LogP contribution in [0.5, 0.6) is 11.5 Å². The van der Waals surface area contributed by atoms with Gasteiger partial charge in [-0.15, -0.1) is 0 Å². The molecule has 2 N–H and O–H groups in total. The van der Waals surface area contributed by atoms with Gasteiger partial charge in [0.2, 0.25) is 5.75 Å². The second kappa shape index (κ2) is 8.83. The Morgan fingerprint density at radius 3 is 2.35 bits per heavy atom. The van der Waals surface area contributed by atoms with Crippen molar-refractivity contribution in [3.05, 3.63) is 71.1 Å². The molecular formula is C24H20N4O6. The molecule has 34 heavy (non-hydrogen) atoms. The van der Waals surface area contributed by atoms with Gasteiger partial charge in [-0.1, -0.05) is 30.3 Å². The van der Waals surface area contributed by atoms with Crippen LogP contribution in [0.1, 0.15) is 0 Å². The van der Waals surface area contributed by atoms with Crippen LogP contribution in [0.15, 0.2) is 65.6 Å². The molecule has 0 saturated carbocycles. The molecule has 172 valence electrons. The van der Waals surface area contributed by atoms with E-state index in [4.69, 9.17) is 9.84 Å². The monoisotopic (exact) mass is 460 g/mol. The molecule has 1 saturated heterocycles. The Labute approximate surface area is 193 Å². The number of carbonyl (C=O) groups is 1. The van der Waals surface area contributed by atoms with Gasteiger partial charge >= 0.3 is 11.7 Å². The summed E-state index contributed by atoms with van der Waals surface area (Å²) in [4.78, 5) is 35.5. The molecule has 2 aromatic heterocycles. The fourth-order valence-electron chi connectivity index (χ4n) is 3.91. The summed E-state index contributed by atoms with van der Waals surface area (Å²) in [5.41, 5.74) is 1.37. The van der Waals surface area contributed by atoms with Crippen molar-refractivity contribution >= 4 is 22.9 Å². The number of fused-ring (bicyclic) bond motifs is 1. The summed E-state index contributed by atoms with van der Waals surface area (Å²) in [6.07, 6.45) is -0.380. The number of carboxylic acid groups (broad SMARTS) is 1. The Morgan fingerprint density at radius 2 is 1.68 bits per heavy atom. The Kier molecular flexibility index (Phi) is 5.56. The number of nitrogens with zero attached hydrogens (tertiary/aromatic N) is 4. The summed E-state index contributed by atoms with van der Waals surface area (Å²) < 4.78 is 11.2. The molecule has 0 amide bonds. The van der Waals surface area contributed by atoms with Gasteiger partial charge < -0.3 is 24.6 Å². The van der Waals surface area contributed by atoms with Crippen LogP contribution in [-0.2, 0) is 4.74 Å². The molecule has 10 nitrogen and oxygen atoms in total. The molecule has 3 heterocycles. The van der Waals surface area contributed by atoms with Gasteiger partial charge in [0.25, 0.3) is 0 Å². The Bertz CT molecular complexity index is 1410. The number of anilines is 1. The summed E-state index contributed by atoms with van der Waals surface area (Å²) in [6.45, 7) is 2.79. The second-order valence-corrected chi connectivity index (χ2v) is 7.60. The van der Waals surface area contributed by atoms with Gasteiger partial charge in [-0.05, 0) is 24.3 Å². The van der Waals surface area contributed by atoms with Crippen molar-refractivity contribution in [2.24, 2.45) is 0 Å². The first-order chi connectivity index (χ1) is 16.5. The number of pyridine rings is 1. The third-order valence-electron chi connectivity index (χ3n) is 5.55. The molecule has 1 fully saturated rings. The number of hydrogen-bond acceptors (Lipinski definition) is 8. The molecule has 1 aliphatic heterocycles. The number of hydrogen-bond donors (Lipinski definition) is 2. The SMILES string of the molecule is O=C(O)Oc1c(O)c2cnc(-c3ccccc3)nc2n(-c2ccc(N3CCOCC3)cc2)c1=O. The number of benzene rings is 2. The number of aromatic nitrogens is 3. The van der Waals surface area contributed by atoms with E-state index in [1.807, 2.05) is 42.5 Å². The number of aromatic hydroxyl groups is 1. The molecule has 0 unspecified atom stereocenters. The highest BCUT2D eigenvalue weighted by Crippen LogP contribution is 2.33. The lowest BCUT2D eigenvalue weighted by atomic mass is 10.2. The third-order valence-corrected chi connectivity index (χ3v) is 5.55. The van der Waals surface area contributed by atoms with E-state index in [0.29, 0.717) is 24.7 Å². The molecular weight excluding hydrogens is 440 g/mol. The van der Waals surface area contributed by atoms with E-state index in [1.54, 1.807) is 12.1 Å². The van der Waals surface area contributed by atoms with Gasteiger partial charge in [-0.3, -0.25) is 9.36 Å². The highest BCUT2D eigenvalue weighted by molar-refractivity contribution is 5.87. The van der Waals surface area contributed by atoms with E-state index in [1.165, 1.54) is 10.8 Å². The molecule has 0 radical (unpaired) electrons. The molecule has 4 aromatic rings. The van der Waals surface area contributed by atoms with Crippen molar-refractivity contribution in [3.8, 4) is 28.6 Å². The number of rotatable bonds is 4. The van der Waals surface area contributed by atoms with E-state index in [9.17, 15) is 14.7 Å². The quantitative estimate of drug-likeness (QED) is 0.442. The molecule has 2 aromatic carbocycles. The topological polar surface area (TPSA) is 127 Å². The summed E-state index contributed by atoms with van der Waals surface area (Å²) >= 11 is 0. The molecule has 5 rings (SSSR count). The van der Waals surface area contributed by atoms with Crippen LogP contribution in [0.25, 0.3) is 28.1 Å². The van der Waals surface area contributed by atoms with Crippen LogP contribution in [0.4, 0.5) is 10.5 Å². The van der Waals surface area contributed by atoms with E-state index in [2.05, 4.69) is 19.6 Å². The molecule has 10 heteroatoms. The van der Waals surface area contributed by atoms with Gasteiger partial charge in [-0.2, -0.15) is 0 Å². The van der Waals surface area contributed by atoms with Crippen molar-refractivity contribution in [1.29, 1.82) is 0 Å². The van der Waals surface area contributed by atoms with Crippen molar-refractivity contribution in [3.63, 3.8) is 0 Å². The lowest BCUT2D eigenvalue weighted by molar-refractivity contribution is 0.122. The van der Waals surface area contributed by atoms with Crippen LogP contribution >= 0.6 is 0 Å². The first-order valence-corrected chi connectivity index (χ1v) is 10.6. The maximum atomic E-state index is 13.3. The Hall–Kier alpha value is -4.44. The van der Waals surface area contributed by atoms with Crippen LogP contribution in [-0.4, -0.2) is 57.2 Å². The summed E-state index contributed by atoms with van der Waals surface area (Å²) in [6, 6.07) is 16.4. The van der Waals surface area contributed by atoms with E-state index < -0.39 is 23.2 Å². The maximum absolute atomic E-state index is 13.3. The van der Waals surface area contributed by atoms with E-state index in [-0.39, 0.29) is 11.0 Å². The average molecular weight is 460 g/mol. The lowest BCUT2D eigenvalue weighted by Gasteiger charge is -2.29. The van der Waals surface area contributed by atoms with E-state index >= 15 is 0 Å². The van der Waals surface area contributed by atoms with Crippen LogP contribution in [0, 0.1) is 0 Å². The molecule has 1 aliphatic rings. The van der Waals surface area contributed by atoms with Crippen LogP contribution < -0.4 is 15.2 Å². The zero-order chi connectivity index (χ0) is 23.7. The minimum absolute atomic E-state index is 0.0767. The summed E-state index contributed by atoms with van der Waals surface area (Å²) in [7, 11) is 0. The van der Waals surface area contributed by atoms with Crippen molar-refractivity contribution in [2.75, 3.05) is 31.2 Å². The Balaban J connectivity index is 1.70. The highest BCUT2D eigenvalue weighted by Gasteiger charge is 2.23. The predicted molar refractivity (Wildman–Crippen MR) is 124 cm³/mol. The summed E-state index contributed by atoms with van der Waals surface area (Å²) in [5, 5.41) is 19.8. The minimum Gasteiger partial charge on any atom is -0.504 e. The van der Waals surface area contributed by atoms with Gasteiger partial charge in [-0.25, -0.2) is 14.8 Å². The van der Waals surface area contributed by atoms with Gasteiger partial charge in [0.15, 0.2) is 17.2 Å². The molecule has 0 spiro atoms. The average Bonchev–Trinajstić information content (AvgIpc) is 2.88. The van der Waals surface area contributed by atoms with Crippen molar-refractivity contribution in [2.45, 2.75) is 0 Å². The fourth-order valence-corrected chi connectivity index (χ4v) is 3.91. The van der Waals surface area contributed by atoms with Gasteiger partial charge in [0.05, 0.1) is 24.3 Å². The van der Waals surface area contributed by atoms with Crippen LogP contribution in [0.3, 0.4) is 0 Å². The zero-order valence-electron chi connectivity index (χ0n) is 17.9. The number of ether oxygens (including phenoxy) is 2. The number of morpholine rings is 1. The smallest absolute Gasteiger partial charge is 0.504 e. The van der Waals surface area contributed by atoms with Crippen molar-refractivity contribution in [1.82, 2.24) is 14.5 Å². The maximum Gasteiger partial charge on any atom is 0.511 e. The third kappa shape index (κ3) is 3.90. The largest absolute Gasteiger partial charge is 0.511 e. The first kappa shape index (κ1) is 21.4. The first-order valence-electron chi connectivity index (χ1n) is 10.6. The van der Waals surface area contributed by atoms with E-state index in [0.717, 1.165) is 24.3 Å². The molecule has 0 aliphatic carbocycles. The summed E-state index contributed by atoms with van der Waals surface area (Å²) in [5.74, 6) is -1.01. The van der Waals surface area contributed by atoms with Crippen molar-refractivity contribution < 1.29 is 24.5 Å². The van der Waals surface area contributed by atoms with Crippen LogP contribution in [0.2, 0.25) is 0 Å². The minimum atomic E-state index is -1.72. The molecule has 0 bridgehead atoms.